The third-order valence-electron chi connectivity index (χ3n) is 6.85. The summed E-state index contributed by atoms with van der Waals surface area (Å²) in [4.78, 5) is 42.9. The Morgan fingerprint density at radius 2 is 1.59 bits per heavy atom. The van der Waals surface area contributed by atoms with Crippen LogP contribution in [0.1, 0.15) is 43.5 Å². The number of anilines is 1. The van der Waals surface area contributed by atoms with E-state index in [0.29, 0.717) is 16.8 Å². The van der Waals surface area contributed by atoms with Crippen molar-refractivity contribution in [2.45, 2.75) is 44.9 Å². The van der Waals surface area contributed by atoms with Crippen LogP contribution in [-0.4, -0.2) is 41.0 Å². The van der Waals surface area contributed by atoms with E-state index in [1.165, 1.54) is 4.90 Å². The first-order valence-corrected chi connectivity index (χ1v) is 14.4. The van der Waals surface area contributed by atoms with E-state index in [-0.39, 0.29) is 13.0 Å². The van der Waals surface area contributed by atoms with Gasteiger partial charge in [-0.05, 0) is 66.9 Å². The summed E-state index contributed by atoms with van der Waals surface area (Å²) in [6.07, 6.45) is 6.58. The fourth-order valence-electron chi connectivity index (χ4n) is 4.87. The molecule has 2 unspecified atom stereocenters. The molecule has 7 heteroatoms. The normalized spacial score (nSPS) is 12.3. The highest BCUT2D eigenvalue weighted by molar-refractivity contribution is 6.00. The Hall–Kier alpha value is -5.35. The lowest BCUT2D eigenvalue weighted by Gasteiger charge is -2.34. The summed E-state index contributed by atoms with van der Waals surface area (Å²) < 4.78 is 5.49. The molecule has 0 spiro atoms. The zero-order chi connectivity index (χ0) is 31.7. The number of alkyl carbamates (subject to hydrolysis) is 1. The first kappa shape index (κ1) is 31.6. The van der Waals surface area contributed by atoms with Crippen LogP contribution in [0.3, 0.4) is 0 Å². The molecule has 0 radical (unpaired) electrons. The minimum absolute atomic E-state index is 0.0345. The number of amides is 3. The molecule has 0 bridgehead atoms. The fraction of sp³-hybridized carbons (Fsp3) is 0.216. The Bertz CT molecular complexity index is 1670. The largest absolute Gasteiger partial charge is 0.444 e. The van der Waals surface area contributed by atoms with Crippen LogP contribution in [-0.2, 0) is 20.7 Å². The maximum Gasteiger partial charge on any atom is 0.408 e. The van der Waals surface area contributed by atoms with Gasteiger partial charge in [0.1, 0.15) is 17.7 Å². The van der Waals surface area contributed by atoms with Gasteiger partial charge in [-0.1, -0.05) is 84.8 Å². The van der Waals surface area contributed by atoms with Crippen molar-refractivity contribution in [2.75, 3.05) is 11.9 Å². The van der Waals surface area contributed by atoms with Crippen molar-refractivity contribution in [1.82, 2.24) is 10.2 Å². The third kappa shape index (κ3) is 8.36. The smallest absolute Gasteiger partial charge is 0.408 e. The standard InChI is InChI=1S/C37H37N3O4/c1-6-23-40(35(42)32(24-27-13-9-8-10-14-27)39-36(43)44-37(3,4)5)33(29-19-17-26(7-2)18-20-29)34(41)38-31-22-21-28-15-11-12-16-30(28)25-31/h2,6,8-22,25,32-33H,1,23-24H2,3-5H3,(H,38,41)(H,39,43). The average molecular weight is 588 g/mol. The fourth-order valence-corrected chi connectivity index (χ4v) is 4.87. The predicted octanol–water partition coefficient (Wildman–Crippen LogP) is 6.65. The first-order valence-electron chi connectivity index (χ1n) is 14.4. The van der Waals surface area contributed by atoms with E-state index in [0.717, 1.165) is 16.3 Å². The Morgan fingerprint density at radius 3 is 2.23 bits per heavy atom. The number of carbonyl (C=O) groups excluding carboxylic acids is 3. The lowest BCUT2D eigenvalue weighted by Crippen LogP contribution is -2.53. The molecule has 0 aliphatic heterocycles. The summed E-state index contributed by atoms with van der Waals surface area (Å²) >= 11 is 0. The molecule has 3 amide bonds. The second-order valence-electron chi connectivity index (χ2n) is 11.4. The zero-order valence-corrected chi connectivity index (χ0v) is 25.2. The molecule has 0 saturated heterocycles. The van der Waals surface area contributed by atoms with Crippen LogP contribution >= 0.6 is 0 Å². The number of nitrogens with one attached hydrogen (secondary N) is 2. The van der Waals surface area contributed by atoms with Crippen molar-refractivity contribution in [3.63, 3.8) is 0 Å². The van der Waals surface area contributed by atoms with Crippen LogP contribution in [0, 0.1) is 12.3 Å². The van der Waals surface area contributed by atoms with Gasteiger partial charge in [-0.3, -0.25) is 9.59 Å². The molecule has 44 heavy (non-hydrogen) atoms. The van der Waals surface area contributed by atoms with E-state index >= 15 is 0 Å². The number of benzene rings is 4. The van der Waals surface area contributed by atoms with E-state index in [4.69, 9.17) is 11.2 Å². The maximum atomic E-state index is 14.4. The van der Waals surface area contributed by atoms with Crippen molar-refractivity contribution in [3.05, 3.63) is 126 Å². The van der Waals surface area contributed by atoms with Gasteiger partial charge in [-0.25, -0.2) is 4.79 Å². The van der Waals surface area contributed by atoms with Crippen molar-refractivity contribution in [2.24, 2.45) is 0 Å². The molecule has 4 aromatic rings. The van der Waals surface area contributed by atoms with E-state index < -0.39 is 35.6 Å². The van der Waals surface area contributed by atoms with Gasteiger partial charge < -0.3 is 20.3 Å². The summed E-state index contributed by atoms with van der Waals surface area (Å²) in [5.74, 6) is 1.68. The Morgan fingerprint density at radius 1 is 0.932 bits per heavy atom. The number of carbonyl (C=O) groups is 3. The number of nitrogens with zero attached hydrogens (tertiary/aromatic N) is 1. The van der Waals surface area contributed by atoms with Crippen LogP contribution < -0.4 is 10.6 Å². The molecule has 2 atom stereocenters. The van der Waals surface area contributed by atoms with Gasteiger partial charge in [-0.15, -0.1) is 13.0 Å². The van der Waals surface area contributed by atoms with Crippen LogP contribution in [0.5, 0.6) is 0 Å². The lowest BCUT2D eigenvalue weighted by atomic mass is 9.99. The highest BCUT2D eigenvalue weighted by Gasteiger charge is 2.36. The van der Waals surface area contributed by atoms with Gasteiger partial charge in [-0.2, -0.15) is 0 Å². The summed E-state index contributed by atoms with van der Waals surface area (Å²) in [6, 6.07) is 27.6. The van der Waals surface area contributed by atoms with Gasteiger partial charge >= 0.3 is 6.09 Å². The van der Waals surface area contributed by atoms with E-state index in [9.17, 15) is 14.4 Å². The molecule has 0 saturated carbocycles. The predicted molar refractivity (Wildman–Crippen MR) is 175 cm³/mol. The molecule has 0 heterocycles. The second kappa shape index (κ2) is 14.2. The van der Waals surface area contributed by atoms with Crippen molar-refractivity contribution in [3.8, 4) is 12.3 Å². The van der Waals surface area contributed by atoms with Crippen molar-refractivity contribution < 1.29 is 19.1 Å². The molecule has 224 valence electrons. The summed E-state index contributed by atoms with van der Waals surface area (Å²) in [7, 11) is 0. The molecule has 0 aliphatic carbocycles. The molecule has 2 N–H and O–H groups in total. The molecule has 0 aliphatic rings. The Labute approximate surface area is 258 Å². The van der Waals surface area contributed by atoms with E-state index in [1.54, 1.807) is 51.1 Å². The van der Waals surface area contributed by atoms with Crippen LogP contribution in [0.4, 0.5) is 10.5 Å². The number of hydrogen-bond acceptors (Lipinski definition) is 4. The summed E-state index contributed by atoms with van der Waals surface area (Å²) in [6.45, 7) is 9.13. The highest BCUT2D eigenvalue weighted by atomic mass is 16.6. The number of terminal acetylenes is 1. The molecule has 7 nitrogen and oxygen atoms in total. The number of hydrogen-bond donors (Lipinski definition) is 2. The molecular formula is C37H37N3O4. The SMILES string of the molecule is C#Cc1ccc(C(C(=O)Nc2ccc3ccccc3c2)N(CC=C)C(=O)C(Cc2ccccc2)NC(=O)OC(C)(C)C)cc1. The number of fused-ring (bicyclic) bond motifs is 1. The summed E-state index contributed by atoms with van der Waals surface area (Å²) in [5.41, 5.74) is 1.83. The quantitative estimate of drug-likeness (QED) is 0.161. The minimum atomic E-state index is -1.07. The molecule has 0 aromatic heterocycles. The van der Waals surface area contributed by atoms with Crippen LogP contribution in [0.15, 0.2) is 110 Å². The van der Waals surface area contributed by atoms with Gasteiger partial charge in [0.2, 0.25) is 5.91 Å². The Kier molecular flexibility index (Phi) is 10.2. The van der Waals surface area contributed by atoms with E-state index in [1.807, 2.05) is 72.8 Å². The minimum Gasteiger partial charge on any atom is -0.444 e. The monoisotopic (exact) mass is 587 g/mol. The zero-order valence-electron chi connectivity index (χ0n) is 25.2. The van der Waals surface area contributed by atoms with Gasteiger partial charge in [0.05, 0.1) is 0 Å². The van der Waals surface area contributed by atoms with Crippen molar-refractivity contribution >= 4 is 34.4 Å². The molecular weight excluding hydrogens is 550 g/mol. The highest BCUT2D eigenvalue weighted by Crippen LogP contribution is 2.27. The first-order chi connectivity index (χ1) is 21.1. The van der Waals surface area contributed by atoms with Gasteiger partial charge in [0.25, 0.3) is 5.91 Å². The second-order valence-corrected chi connectivity index (χ2v) is 11.4. The lowest BCUT2D eigenvalue weighted by molar-refractivity contribution is -0.140. The average Bonchev–Trinajstić information content (AvgIpc) is 3.00. The van der Waals surface area contributed by atoms with Crippen molar-refractivity contribution in [1.29, 1.82) is 0 Å². The molecule has 0 fully saturated rings. The molecule has 4 aromatic carbocycles. The van der Waals surface area contributed by atoms with Gasteiger partial charge in [0.15, 0.2) is 0 Å². The third-order valence-corrected chi connectivity index (χ3v) is 6.85. The number of ether oxygens (including phenoxy) is 1. The molecule has 4 rings (SSSR count). The number of rotatable bonds is 10. The Balaban J connectivity index is 1.73. The summed E-state index contributed by atoms with van der Waals surface area (Å²) in [5, 5.41) is 7.74. The van der Waals surface area contributed by atoms with Crippen LogP contribution in [0.25, 0.3) is 10.8 Å². The van der Waals surface area contributed by atoms with Gasteiger partial charge in [0, 0.05) is 24.2 Å². The topological polar surface area (TPSA) is 87.7 Å². The van der Waals surface area contributed by atoms with E-state index in [2.05, 4.69) is 23.1 Å². The van der Waals surface area contributed by atoms with Crippen LogP contribution in [0.2, 0.25) is 0 Å². The maximum absolute atomic E-state index is 14.4.